The number of benzene rings is 1. The van der Waals surface area contributed by atoms with E-state index in [1.165, 1.54) is 23.1 Å². The van der Waals surface area contributed by atoms with Crippen LogP contribution in [0.25, 0.3) is 17.2 Å². The van der Waals surface area contributed by atoms with Gasteiger partial charge in [-0.3, -0.25) is 10.1 Å². The van der Waals surface area contributed by atoms with Gasteiger partial charge in [-0.2, -0.15) is 0 Å². The molecule has 0 fully saturated rings. The molecule has 2 N–H and O–H groups in total. The van der Waals surface area contributed by atoms with Gasteiger partial charge >= 0.3 is 0 Å². The van der Waals surface area contributed by atoms with Crippen LogP contribution in [0.1, 0.15) is 0 Å². The molecule has 0 saturated heterocycles. The summed E-state index contributed by atoms with van der Waals surface area (Å²) in [5.74, 6) is 1.00. The molecule has 0 radical (unpaired) electrons. The zero-order chi connectivity index (χ0) is 14.8. The van der Waals surface area contributed by atoms with Crippen molar-refractivity contribution in [3.05, 3.63) is 59.0 Å². The monoisotopic (exact) mass is 282 g/mol. The highest BCUT2D eigenvalue weighted by Gasteiger charge is 2.09. The van der Waals surface area contributed by atoms with E-state index in [1.54, 1.807) is 30.5 Å². The number of nitrogen functional groups attached to an aromatic ring is 1. The molecule has 0 unspecified atom stereocenters. The summed E-state index contributed by atoms with van der Waals surface area (Å²) in [5, 5.41) is 14.9. The number of nitro groups is 1. The second-order valence-electron chi connectivity index (χ2n) is 4.26. The molecule has 0 bridgehead atoms. The second kappa shape index (κ2) is 5.00. The lowest BCUT2D eigenvalue weighted by Gasteiger charge is -1.99. The molecule has 0 spiro atoms. The van der Waals surface area contributed by atoms with Gasteiger partial charge in [0, 0.05) is 35.6 Å². The van der Waals surface area contributed by atoms with Crippen molar-refractivity contribution in [2.75, 3.05) is 5.73 Å². The standard InChI is InChI=1S/C13H10N6O2/c14-10-5-6-15-12(7-10)18-8-16-13(17-18)9-1-3-11(4-2-9)19(20)21/h1-8H,(H2,14,15). The highest BCUT2D eigenvalue weighted by atomic mass is 16.6. The first-order valence-electron chi connectivity index (χ1n) is 6.02. The van der Waals surface area contributed by atoms with Gasteiger partial charge in [-0.25, -0.2) is 14.6 Å². The van der Waals surface area contributed by atoms with Crippen LogP contribution in [0.15, 0.2) is 48.9 Å². The van der Waals surface area contributed by atoms with E-state index in [4.69, 9.17) is 5.73 Å². The molecule has 0 amide bonds. The number of anilines is 1. The first-order chi connectivity index (χ1) is 10.1. The van der Waals surface area contributed by atoms with Crippen LogP contribution in [0.5, 0.6) is 0 Å². The summed E-state index contributed by atoms with van der Waals surface area (Å²) in [6.07, 6.45) is 3.09. The number of hydrogen-bond donors (Lipinski definition) is 1. The van der Waals surface area contributed by atoms with Crippen LogP contribution >= 0.6 is 0 Å². The Hall–Kier alpha value is -3.29. The van der Waals surface area contributed by atoms with E-state index in [0.717, 1.165) is 0 Å². The third kappa shape index (κ3) is 2.54. The molecule has 0 aliphatic carbocycles. The molecule has 0 saturated carbocycles. The summed E-state index contributed by atoms with van der Waals surface area (Å²) in [4.78, 5) is 18.5. The number of non-ortho nitro benzene ring substituents is 1. The molecule has 8 nitrogen and oxygen atoms in total. The third-order valence-corrected chi connectivity index (χ3v) is 2.83. The molecule has 21 heavy (non-hydrogen) atoms. The van der Waals surface area contributed by atoms with Crippen molar-refractivity contribution in [1.82, 2.24) is 19.7 Å². The fourth-order valence-electron chi connectivity index (χ4n) is 1.80. The van der Waals surface area contributed by atoms with Crippen molar-refractivity contribution in [1.29, 1.82) is 0 Å². The van der Waals surface area contributed by atoms with Gasteiger partial charge in [0.1, 0.15) is 6.33 Å². The van der Waals surface area contributed by atoms with Gasteiger partial charge in [0.25, 0.3) is 5.69 Å². The highest BCUT2D eigenvalue weighted by Crippen LogP contribution is 2.19. The molecule has 0 aliphatic rings. The summed E-state index contributed by atoms with van der Waals surface area (Å²) in [6, 6.07) is 9.38. The number of hydrogen-bond acceptors (Lipinski definition) is 6. The molecule has 0 atom stereocenters. The number of nitrogens with two attached hydrogens (primary N) is 1. The number of aromatic nitrogens is 4. The molecular formula is C13H10N6O2. The lowest BCUT2D eigenvalue weighted by molar-refractivity contribution is -0.384. The quantitative estimate of drug-likeness (QED) is 0.579. The van der Waals surface area contributed by atoms with Gasteiger partial charge in [0.15, 0.2) is 11.6 Å². The van der Waals surface area contributed by atoms with Gasteiger partial charge < -0.3 is 5.73 Å². The zero-order valence-corrected chi connectivity index (χ0v) is 10.7. The Bertz CT molecular complexity index is 796. The van der Waals surface area contributed by atoms with Crippen LogP contribution in [0, 0.1) is 10.1 Å². The highest BCUT2D eigenvalue weighted by molar-refractivity contribution is 5.57. The molecule has 2 heterocycles. The predicted octanol–water partition coefficient (Wildman–Crippen LogP) is 1.82. The third-order valence-electron chi connectivity index (χ3n) is 2.83. The van der Waals surface area contributed by atoms with E-state index >= 15 is 0 Å². The van der Waals surface area contributed by atoms with Crippen molar-refractivity contribution >= 4 is 11.4 Å². The second-order valence-corrected chi connectivity index (χ2v) is 4.26. The Morgan fingerprint density at radius 1 is 1.14 bits per heavy atom. The van der Waals surface area contributed by atoms with Gasteiger partial charge in [-0.05, 0) is 18.2 Å². The average Bonchev–Trinajstić information content (AvgIpc) is 2.97. The molecular weight excluding hydrogens is 272 g/mol. The molecule has 0 aliphatic heterocycles. The maximum Gasteiger partial charge on any atom is 0.269 e. The molecule has 1 aromatic carbocycles. The fraction of sp³-hybridized carbons (Fsp3) is 0. The molecule has 104 valence electrons. The number of nitrogens with zero attached hydrogens (tertiary/aromatic N) is 5. The van der Waals surface area contributed by atoms with Crippen LogP contribution in [0.3, 0.4) is 0 Å². The predicted molar refractivity (Wildman–Crippen MR) is 75.7 cm³/mol. The normalized spacial score (nSPS) is 10.5. The molecule has 2 aromatic heterocycles. The maximum absolute atomic E-state index is 10.6. The molecule has 3 rings (SSSR count). The van der Waals surface area contributed by atoms with Crippen molar-refractivity contribution in [2.24, 2.45) is 0 Å². The summed E-state index contributed by atoms with van der Waals surface area (Å²) in [5.41, 5.74) is 6.98. The topological polar surface area (TPSA) is 113 Å². The number of rotatable bonds is 3. The summed E-state index contributed by atoms with van der Waals surface area (Å²) in [6.45, 7) is 0. The zero-order valence-electron chi connectivity index (χ0n) is 10.7. The van der Waals surface area contributed by atoms with Crippen molar-refractivity contribution in [3.63, 3.8) is 0 Å². The molecule has 3 aromatic rings. The Balaban J connectivity index is 1.93. The van der Waals surface area contributed by atoms with Crippen LogP contribution in [0.4, 0.5) is 11.4 Å². The first kappa shape index (κ1) is 12.7. The first-order valence-corrected chi connectivity index (χ1v) is 6.02. The Morgan fingerprint density at radius 3 is 2.57 bits per heavy atom. The van der Waals surface area contributed by atoms with Gasteiger partial charge in [0.2, 0.25) is 0 Å². The lowest BCUT2D eigenvalue weighted by atomic mass is 10.2. The van der Waals surface area contributed by atoms with Crippen LogP contribution in [-0.2, 0) is 0 Å². The summed E-state index contributed by atoms with van der Waals surface area (Å²) < 4.78 is 1.49. The summed E-state index contributed by atoms with van der Waals surface area (Å²) >= 11 is 0. The summed E-state index contributed by atoms with van der Waals surface area (Å²) in [7, 11) is 0. The van der Waals surface area contributed by atoms with Crippen molar-refractivity contribution < 1.29 is 4.92 Å². The largest absolute Gasteiger partial charge is 0.399 e. The van der Waals surface area contributed by atoms with Crippen molar-refractivity contribution in [3.8, 4) is 17.2 Å². The molecule has 8 heteroatoms. The smallest absolute Gasteiger partial charge is 0.269 e. The fourth-order valence-corrected chi connectivity index (χ4v) is 1.80. The number of nitro benzene ring substituents is 1. The minimum atomic E-state index is -0.452. The average molecular weight is 282 g/mol. The van der Waals surface area contributed by atoms with Gasteiger partial charge in [0.05, 0.1) is 4.92 Å². The Kier molecular flexibility index (Phi) is 3.03. The van der Waals surface area contributed by atoms with Gasteiger partial charge in [-0.1, -0.05) is 0 Å². The Morgan fingerprint density at radius 2 is 1.90 bits per heavy atom. The van der Waals surface area contributed by atoms with Gasteiger partial charge in [-0.15, -0.1) is 5.10 Å². The van der Waals surface area contributed by atoms with E-state index in [0.29, 0.717) is 22.9 Å². The maximum atomic E-state index is 10.6. The van der Waals surface area contributed by atoms with Crippen LogP contribution in [0.2, 0.25) is 0 Å². The number of pyridine rings is 1. The lowest BCUT2D eigenvalue weighted by Crippen LogP contribution is -1.99. The van der Waals surface area contributed by atoms with E-state index in [2.05, 4.69) is 15.1 Å². The van der Waals surface area contributed by atoms with E-state index in [1.807, 2.05) is 0 Å². The van der Waals surface area contributed by atoms with E-state index < -0.39 is 4.92 Å². The van der Waals surface area contributed by atoms with Crippen molar-refractivity contribution in [2.45, 2.75) is 0 Å². The van der Waals surface area contributed by atoms with E-state index in [9.17, 15) is 10.1 Å². The SMILES string of the molecule is Nc1ccnc(-n2cnc(-c3ccc([N+](=O)[O-])cc3)n2)c1. The minimum absolute atomic E-state index is 0.0238. The minimum Gasteiger partial charge on any atom is -0.399 e. The van der Waals surface area contributed by atoms with E-state index in [-0.39, 0.29) is 5.69 Å². The van der Waals surface area contributed by atoms with Crippen LogP contribution in [-0.4, -0.2) is 24.7 Å². The Labute approximate surface area is 119 Å². The van der Waals surface area contributed by atoms with Crippen LogP contribution < -0.4 is 5.73 Å².